The van der Waals surface area contributed by atoms with E-state index in [0.29, 0.717) is 10.5 Å². The lowest BCUT2D eigenvalue weighted by Gasteiger charge is -2.23. The van der Waals surface area contributed by atoms with Crippen LogP contribution in [0, 0.1) is 10.1 Å². The third-order valence-electron chi connectivity index (χ3n) is 4.82. The molecule has 0 unspecified atom stereocenters. The molecule has 2 aromatic heterocycles. The Bertz CT molecular complexity index is 1430. The van der Waals surface area contributed by atoms with Crippen LogP contribution < -0.4 is 20.0 Å². The topological polar surface area (TPSA) is 127 Å². The number of rotatable bonds is 5. The fraction of sp³-hybridized carbons (Fsp3) is 0.190. The van der Waals surface area contributed by atoms with Crippen LogP contribution in [0.25, 0.3) is 6.08 Å². The summed E-state index contributed by atoms with van der Waals surface area (Å²) in [6.45, 7) is 3.55. The van der Waals surface area contributed by atoms with Crippen molar-refractivity contribution < 1.29 is 19.6 Å². The second kappa shape index (κ2) is 8.52. The highest BCUT2D eigenvalue weighted by molar-refractivity contribution is 7.10. The number of allylic oxidation sites excluding steroid dienone is 1. The maximum Gasteiger partial charge on any atom is 0.338 e. The van der Waals surface area contributed by atoms with Crippen LogP contribution in [0.5, 0.6) is 5.75 Å². The van der Waals surface area contributed by atoms with Gasteiger partial charge in [-0.05, 0) is 36.9 Å². The molecule has 0 spiro atoms. The van der Waals surface area contributed by atoms with Crippen LogP contribution in [0.1, 0.15) is 30.3 Å². The maximum absolute atomic E-state index is 13.4. The molecule has 0 amide bonds. The SMILES string of the molecule is CCOC(=O)C1=C(C)N=c2s/c(=C\c3cc([N+](=O)[O-])ccc3[O-])c(=O)n2[C@@H]1c1cccs1. The van der Waals surface area contributed by atoms with Crippen LogP contribution in [0.15, 0.2) is 56.8 Å². The molecular formula is C21H16N3O6S2-. The molecule has 0 N–H and O–H groups in total. The van der Waals surface area contributed by atoms with Gasteiger partial charge in [-0.15, -0.1) is 17.1 Å². The van der Waals surface area contributed by atoms with Crippen molar-refractivity contribution in [2.75, 3.05) is 6.61 Å². The summed E-state index contributed by atoms with van der Waals surface area (Å²) in [7, 11) is 0. The van der Waals surface area contributed by atoms with E-state index in [1.54, 1.807) is 13.8 Å². The van der Waals surface area contributed by atoms with E-state index in [-0.39, 0.29) is 28.0 Å². The van der Waals surface area contributed by atoms with Crippen molar-refractivity contribution in [2.24, 2.45) is 4.99 Å². The average Bonchev–Trinajstić information content (AvgIpc) is 3.37. The van der Waals surface area contributed by atoms with Crippen LogP contribution >= 0.6 is 22.7 Å². The first-order valence-corrected chi connectivity index (χ1v) is 11.2. The van der Waals surface area contributed by atoms with Crippen molar-refractivity contribution in [1.29, 1.82) is 0 Å². The quantitative estimate of drug-likeness (QED) is 0.318. The molecule has 9 nitrogen and oxygen atoms in total. The summed E-state index contributed by atoms with van der Waals surface area (Å²) in [6, 6.07) is 6.27. The number of ether oxygens (including phenoxy) is 1. The smallest absolute Gasteiger partial charge is 0.338 e. The van der Waals surface area contributed by atoms with Gasteiger partial charge in [-0.2, -0.15) is 0 Å². The molecule has 0 saturated carbocycles. The Balaban J connectivity index is 1.95. The number of thiazole rings is 1. The van der Waals surface area contributed by atoms with Crippen molar-refractivity contribution in [3.8, 4) is 5.75 Å². The zero-order chi connectivity index (χ0) is 23.0. The van der Waals surface area contributed by atoms with Gasteiger partial charge >= 0.3 is 5.97 Å². The standard InChI is InChI=1S/C21H17N3O6S2/c1-3-30-20(27)17-11(2)22-21-23(18(17)15-5-4-8-31-15)19(26)16(32-21)10-12-9-13(24(28)29)6-7-14(12)25/h4-10,18,25H,3H2,1-2H3/p-1/b16-10-/t18-/m1/s1. The summed E-state index contributed by atoms with van der Waals surface area (Å²) in [4.78, 5) is 42.1. The van der Waals surface area contributed by atoms with Crippen molar-refractivity contribution >= 4 is 40.4 Å². The maximum atomic E-state index is 13.4. The number of carbonyl (C=O) groups excluding carboxylic acids is 1. The Labute approximate surface area is 189 Å². The minimum absolute atomic E-state index is 0.0264. The highest BCUT2D eigenvalue weighted by atomic mass is 32.1. The molecular weight excluding hydrogens is 454 g/mol. The average molecular weight is 471 g/mol. The Morgan fingerprint density at radius 1 is 1.38 bits per heavy atom. The zero-order valence-electron chi connectivity index (χ0n) is 16.9. The summed E-state index contributed by atoms with van der Waals surface area (Å²) in [5, 5.41) is 25.1. The molecule has 0 bridgehead atoms. The van der Waals surface area contributed by atoms with E-state index in [4.69, 9.17) is 4.74 Å². The first-order chi connectivity index (χ1) is 15.3. The van der Waals surface area contributed by atoms with Gasteiger partial charge in [0.05, 0.1) is 27.3 Å². The lowest BCUT2D eigenvalue weighted by atomic mass is 10.0. The molecule has 1 atom stereocenters. The predicted octanol–water partition coefficient (Wildman–Crippen LogP) is 1.84. The Morgan fingerprint density at radius 2 is 2.16 bits per heavy atom. The van der Waals surface area contributed by atoms with Gasteiger partial charge in [0, 0.05) is 17.0 Å². The molecule has 1 aliphatic rings. The monoisotopic (exact) mass is 470 g/mol. The Morgan fingerprint density at radius 3 is 2.81 bits per heavy atom. The van der Waals surface area contributed by atoms with Crippen molar-refractivity contribution in [3.63, 3.8) is 0 Å². The summed E-state index contributed by atoms with van der Waals surface area (Å²) in [5.41, 5.74) is 0.0361. The van der Waals surface area contributed by atoms with E-state index in [1.165, 1.54) is 22.0 Å². The van der Waals surface area contributed by atoms with Gasteiger partial charge in [-0.3, -0.25) is 19.5 Å². The number of aromatic nitrogens is 1. The summed E-state index contributed by atoms with van der Waals surface area (Å²) in [5.74, 6) is -0.999. The van der Waals surface area contributed by atoms with Crippen molar-refractivity contribution in [3.05, 3.63) is 87.2 Å². The molecule has 0 radical (unpaired) electrons. The second-order valence-electron chi connectivity index (χ2n) is 6.80. The normalized spacial score (nSPS) is 15.9. The molecule has 1 aromatic carbocycles. The first-order valence-electron chi connectivity index (χ1n) is 9.50. The summed E-state index contributed by atoms with van der Waals surface area (Å²) >= 11 is 2.44. The number of thiophene rings is 1. The largest absolute Gasteiger partial charge is 0.872 e. The first kappa shape index (κ1) is 21.7. The minimum Gasteiger partial charge on any atom is -0.872 e. The number of benzene rings is 1. The number of nitro groups is 1. The summed E-state index contributed by atoms with van der Waals surface area (Å²) in [6.07, 6.45) is 1.33. The highest BCUT2D eigenvalue weighted by Gasteiger charge is 2.33. The molecule has 0 aliphatic carbocycles. The number of fused-ring (bicyclic) bond motifs is 1. The van der Waals surface area contributed by atoms with Gasteiger partial charge in [-0.1, -0.05) is 23.5 Å². The molecule has 1 aliphatic heterocycles. The lowest BCUT2D eigenvalue weighted by molar-refractivity contribution is -0.385. The Hall–Kier alpha value is -3.57. The van der Waals surface area contributed by atoms with E-state index in [9.17, 15) is 24.8 Å². The van der Waals surface area contributed by atoms with Crippen LogP contribution in [0.3, 0.4) is 0 Å². The fourth-order valence-electron chi connectivity index (χ4n) is 3.41. The van der Waals surface area contributed by atoms with Gasteiger partial charge in [0.2, 0.25) is 0 Å². The van der Waals surface area contributed by atoms with Crippen LogP contribution in [-0.2, 0) is 9.53 Å². The number of carbonyl (C=O) groups is 1. The number of esters is 1. The molecule has 11 heteroatoms. The Kier molecular flexibility index (Phi) is 5.76. The fourth-order valence-corrected chi connectivity index (χ4v) is 5.27. The van der Waals surface area contributed by atoms with E-state index in [2.05, 4.69) is 4.99 Å². The molecule has 32 heavy (non-hydrogen) atoms. The lowest BCUT2D eigenvalue weighted by Crippen LogP contribution is -2.39. The molecule has 4 rings (SSSR count). The number of hydrogen-bond acceptors (Lipinski definition) is 9. The van der Waals surface area contributed by atoms with E-state index >= 15 is 0 Å². The van der Waals surface area contributed by atoms with Crippen LogP contribution in [-0.4, -0.2) is 22.1 Å². The van der Waals surface area contributed by atoms with Crippen molar-refractivity contribution in [1.82, 2.24) is 4.57 Å². The second-order valence-corrected chi connectivity index (χ2v) is 8.79. The number of hydrogen-bond donors (Lipinski definition) is 0. The summed E-state index contributed by atoms with van der Waals surface area (Å²) < 4.78 is 6.80. The number of non-ortho nitro benzene ring substituents is 1. The third kappa shape index (κ3) is 3.76. The van der Waals surface area contributed by atoms with Crippen LogP contribution in [0.2, 0.25) is 0 Å². The molecule has 164 valence electrons. The van der Waals surface area contributed by atoms with Crippen molar-refractivity contribution in [2.45, 2.75) is 19.9 Å². The predicted molar refractivity (Wildman–Crippen MR) is 117 cm³/mol. The van der Waals surface area contributed by atoms with Crippen LogP contribution in [0.4, 0.5) is 5.69 Å². The molecule has 3 aromatic rings. The number of nitrogens with zero attached hydrogens (tertiary/aromatic N) is 3. The molecule has 3 heterocycles. The van der Waals surface area contributed by atoms with E-state index in [0.717, 1.165) is 34.4 Å². The van der Waals surface area contributed by atoms with Gasteiger partial charge in [-0.25, -0.2) is 9.79 Å². The highest BCUT2D eigenvalue weighted by Crippen LogP contribution is 2.33. The molecule has 0 saturated heterocycles. The van der Waals surface area contributed by atoms with Gasteiger partial charge in [0.1, 0.15) is 6.04 Å². The minimum atomic E-state index is -0.718. The van der Waals surface area contributed by atoms with Gasteiger partial charge < -0.3 is 9.84 Å². The van der Waals surface area contributed by atoms with Gasteiger partial charge in [0.15, 0.2) is 4.80 Å². The van der Waals surface area contributed by atoms with E-state index in [1.807, 2.05) is 17.5 Å². The molecule has 0 fully saturated rings. The van der Waals surface area contributed by atoms with Gasteiger partial charge in [0.25, 0.3) is 11.2 Å². The number of nitro benzene ring substituents is 1. The van der Waals surface area contributed by atoms with E-state index < -0.39 is 28.2 Å². The zero-order valence-corrected chi connectivity index (χ0v) is 18.6. The third-order valence-corrected chi connectivity index (χ3v) is 6.73.